The van der Waals surface area contributed by atoms with Crippen molar-refractivity contribution in [1.82, 2.24) is 10.2 Å². The molecule has 0 aromatic heterocycles. The highest BCUT2D eigenvalue weighted by Crippen LogP contribution is 2.23. The van der Waals surface area contributed by atoms with Crippen LogP contribution in [-0.2, 0) is 0 Å². The zero-order valence-corrected chi connectivity index (χ0v) is 11.4. The lowest BCUT2D eigenvalue weighted by Crippen LogP contribution is -2.43. The molecule has 0 amide bonds. The number of hydrogen-bond donors (Lipinski definition) is 1. The Kier molecular flexibility index (Phi) is 5.05. The molecule has 0 aliphatic carbocycles. The summed E-state index contributed by atoms with van der Waals surface area (Å²) in [4.78, 5) is 2.42. The summed E-state index contributed by atoms with van der Waals surface area (Å²) in [5, 5.41) is 4.07. The van der Waals surface area contributed by atoms with Gasteiger partial charge in [-0.2, -0.15) is 0 Å². The first kappa shape index (κ1) is 13.4. The van der Waals surface area contributed by atoms with Crippen molar-refractivity contribution in [2.75, 3.05) is 39.8 Å². The van der Waals surface area contributed by atoms with Crippen molar-refractivity contribution in [2.24, 2.45) is 0 Å². The monoisotopic (exact) mass is 266 g/mol. The van der Waals surface area contributed by atoms with Gasteiger partial charge in [-0.05, 0) is 23.8 Å². The van der Waals surface area contributed by atoms with E-state index in [9.17, 15) is 0 Å². The van der Waals surface area contributed by atoms with Gasteiger partial charge in [0.1, 0.15) is 5.75 Å². The van der Waals surface area contributed by atoms with E-state index in [1.807, 2.05) is 18.2 Å². The van der Waals surface area contributed by atoms with Gasteiger partial charge in [-0.3, -0.25) is 4.90 Å². The molecule has 0 saturated carbocycles. The molecule has 0 bridgehead atoms. The lowest BCUT2D eigenvalue weighted by molar-refractivity contribution is 0.265. The summed E-state index contributed by atoms with van der Waals surface area (Å²) in [7, 11) is 1.64. The van der Waals surface area contributed by atoms with Crippen LogP contribution in [-0.4, -0.2) is 44.7 Å². The van der Waals surface area contributed by atoms with E-state index in [1.165, 1.54) is 0 Å². The molecule has 1 aromatic rings. The second kappa shape index (κ2) is 6.78. The molecule has 1 fully saturated rings. The fourth-order valence-corrected chi connectivity index (χ4v) is 2.23. The predicted molar refractivity (Wildman–Crippen MR) is 76.3 cm³/mol. The Morgan fingerprint density at radius 2 is 2.17 bits per heavy atom. The molecule has 0 spiro atoms. The van der Waals surface area contributed by atoms with Crippen LogP contribution in [0.25, 0.3) is 6.08 Å². The Labute approximate surface area is 113 Å². The molecule has 1 saturated heterocycles. The molecule has 0 radical (unpaired) electrons. The minimum absolute atomic E-state index is 0.728. The van der Waals surface area contributed by atoms with Crippen molar-refractivity contribution in [3.63, 3.8) is 0 Å². The molecule has 4 heteroatoms. The summed E-state index contributed by atoms with van der Waals surface area (Å²) in [5.74, 6) is 0.791. The fraction of sp³-hybridized carbons (Fsp3) is 0.429. The van der Waals surface area contributed by atoms with E-state index in [0.717, 1.165) is 49.1 Å². The van der Waals surface area contributed by atoms with E-state index in [4.69, 9.17) is 16.3 Å². The van der Waals surface area contributed by atoms with Crippen molar-refractivity contribution in [3.05, 3.63) is 34.9 Å². The van der Waals surface area contributed by atoms with Crippen molar-refractivity contribution in [2.45, 2.75) is 0 Å². The highest BCUT2D eigenvalue weighted by Gasteiger charge is 2.06. The van der Waals surface area contributed by atoms with Crippen LogP contribution in [0.2, 0.25) is 5.02 Å². The average Bonchev–Trinajstić information content (AvgIpc) is 2.42. The van der Waals surface area contributed by atoms with Crippen molar-refractivity contribution >= 4 is 17.7 Å². The summed E-state index contributed by atoms with van der Waals surface area (Å²) in [5.41, 5.74) is 1.03. The number of hydrogen-bond acceptors (Lipinski definition) is 3. The Hall–Kier alpha value is -1.03. The van der Waals surface area contributed by atoms with Crippen LogP contribution in [0.15, 0.2) is 24.3 Å². The molecule has 3 nitrogen and oxygen atoms in total. The summed E-state index contributed by atoms with van der Waals surface area (Å²) in [6, 6.07) is 5.75. The second-order valence-corrected chi connectivity index (χ2v) is 4.75. The molecule has 0 unspecified atom stereocenters. The zero-order valence-electron chi connectivity index (χ0n) is 10.7. The van der Waals surface area contributed by atoms with Gasteiger partial charge in [0, 0.05) is 32.7 Å². The highest BCUT2D eigenvalue weighted by molar-refractivity contribution is 6.32. The number of benzene rings is 1. The normalized spacial score (nSPS) is 17.2. The number of ether oxygens (including phenoxy) is 1. The van der Waals surface area contributed by atoms with Crippen LogP contribution in [0.3, 0.4) is 0 Å². The molecule has 0 atom stereocenters. The predicted octanol–water partition coefficient (Wildman–Crippen LogP) is 2.27. The summed E-state index contributed by atoms with van der Waals surface area (Å²) < 4.78 is 5.13. The van der Waals surface area contributed by atoms with Gasteiger partial charge in [0.05, 0.1) is 12.1 Å². The maximum Gasteiger partial charge on any atom is 0.120 e. The second-order valence-electron chi connectivity index (χ2n) is 4.34. The van der Waals surface area contributed by atoms with Crippen LogP contribution >= 0.6 is 11.6 Å². The largest absolute Gasteiger partial charge is 0.497 e. The van der Waals surface area contributed by atoms with Crippen molar-refractivity contribution in [3.8, 4) is 5.75 Å². The quantitative estimate of drug-likeness (QED) is 0.905. The molecule has 18 heavy (non-hydrogen) atoms. The van der Waals surface area contributed by atoms with E-state index in [0.29, 0.717) is 0 Å². The maximum atomic E-state index is 6.17. The van der Waals surface area contributed by atoms with Crippen molar-refractivity contribution in [1.29, 1.82) is 0 Å². The Morgan fingerprint density at radius 3 is 2.83 bits per heavy atom. The highest BCUT2D eigenvalue weighted by atomic mass is 35.5. The number of piperazine rings is 1. The Balaban J connectivity index is 1.91. The van der Waals surface area contributed by atoms with Crippen LogP contribution in [0, 0.1) is 0 Å². The molecule has 1 aromatic carbocycles. The number of nitrogens with zero attached hydrogens (tertiary/aromatic N) is 1. The van der Waals surface area contributed by atoms with Crippen LogP contribution in [0.5, 0.6) is 5.75 Å². The molecule has 2 rings (SSSR count). The van der Waals surface area contributed by atoms with Gasteiger partial charge in [-0.15, -0.1) is 0 Å². The Bertz CT molecular complexity index is 414. The number of nitrogens with one attached hydrogen (secondary N) is 1. The van der Waals surface area contributed by atoms with Gasteiger partial charge in [-0.25, -0.2) is 0 Å². The maximum absolute atomic E-state index is 6.17. The first-order chi connectivity index (χ1) is 8.79. The number of methoxy groups -OCH3 is 1. The molecular weight excluding hydrogens is 248 g/mol. The molecule has 98 valence electrons. The van der Waals surface area contributed by atoms with Crippen LogP contribution in [0.1, 0.15) is 5.56 Å². The lowest BCUT2D eigenvalue weighted by Gasteiger charge is -2.25. The van der Waals surface area contributed by atoms with E-state index >= 15 is 0 Å². The van der Waals surface area contributed by atoms with E-state index in [2.05, 4.69) is 22.4 Å². The van der Waals surface area contributed by atoms with Crippen LogP contribution in [0.4, 0.5) is 0 Å². The summed E-state index contributed by atoms with van der Waals surface area (Å²) >= 11 is 6.17. The standard InChI is InChI=1S/C14H19ClN2O/c1-18-13-5-4-12(14(15)11-13)3-2-8-17-9-6-16-7-10-17/h2-5,11,16H,6-10H2,1H3/b3-2+. The topological polar surface area (TPSA) is 24.5 Å². The van der Waals surface area contributed by atoms with Gasteiger partial charge < -0.3 is 10.1 Å². The Morgan fingerprint density at radius 1 is 1.39 bits per heavy atom. The molecule has 1 aliphatic rings. The van der Waals surface area contributed by atoms with Gasteiger partial charge in [-0.1, -0.05) is 23.8 Å². The van der Waals surface area contributed by atoms with Gasteiger partial charge in [0.2, 0.25) is 0 Å². The number of halogens is 1. The lowest BCUT2D eigenvalue weighted by atomic mass is 10.2. The van der Waals surface area contributed by atoms with E-state index in [-0.39, 0.29) is 0 Å². The number of rotatable bonds is 4. The third-order valence-electron chi connectivity index (χ3n) is 3.08. The molecule has 1 heterocycles. The van der Waals surface area contributed by atoms with Crippen molar-refractivity contribution < 1.29 is 4.74 Å². The third-order valence-corrected chi connectivity index (χ3v) is 3.41. The summed E-state index contributed by atoms with van der Waals surface area (Å²) in [6.07, 6.45) is 4.24. The van der Waals surface area contributed by atoms with Gasteiger partial charge >= 0.3 is 0 Å². The SMILES string of the molecule is COc1ccc(/C=C/CN2CCNCC2)c(Cl)c1. The summed E-state index contributed by atoms with van der Waals surface area (Å²) in [6.45, 7) is 5.36. The third kappa shape index (κ3) is 3.73. The van der Waals surface area contributed by atoms with Crippen LogP contribution < -0.4 is 10.1 Å². The van der Waals surface area contributed by atoms with Gasteiger partial charge in [0.15, 0.2) is 0 Å². The van der Waals surface area contributed by atoms with E-state index in [1.54, 1.807) is 7.11 Å². The molecule has 1 N–H and O–H groups in total. The smallest absolute Gasteiger partial charge is 0.120 e. The first-order valence-corrected chi connectivity index (χ1v) is 6.60. The molecule has 1 aliphatic heterocycles. The fourth-order valence-electron chi connectivity index (χ4n) is 1.99. The average molecular weight is 267 g/mol. The molecular formula is C14H19ClN2O. The van der Waals surface area contributed by atoms with E-state index < -0.39 is 0 Å². The zero-order chi connectivity index (χ0) is 12.8. The first-order valence-electron chi connectivity index (χ1n) is 6.23. The van der Waals surface area contributed by atoms with Gasteiger partial charge in [0.25, 0.3) is 0 Å². The minimum atomic E-state index is 0.728. The minimum Gasteiger partial charge on any atom is -0.497 e.